The number of hydrogen-bond acceptors (Lipinski definition) is 6. The summed E-state index contributed by atoms with van der Waals surface area (Å²) in [7, 11) is 0. The van der Waals surface area contributed by atoms with Crippen LogP contribution in [0.1, 0.15) is 54.5 Å². The van der Waals surface area contributed by atoms with E-state index in [0.717, 1.165) is 32.1 Å². The van der Waals surface area contributed by atoms with Gasteiger partial charge in [0.2, 0.25) is 5.75 Å². The maximum atomic E-state index is 12.1. The van der Waals surface area contributed by atoms with E-state index in [0.29, 0.717) is 12.5 Å². The van der Waals surface area contributed by atoms with Gasteiger partial charge in [-0.05, 0) is 44.2 Å². The molecule has 1 aromatic heterocycles. The normalized spacial score (nSPS) is 21.2. The fraction of sp³-hybridized carbons (Fsp3) is 0.571. The highest BCUT2D eigenvalue weighted by Crippen LogP contribution is 2.31. The summed E-state index contributed by atoms with van der Waals surface area (Å²) >= 11 is 0. The lowest BCUT2D eigenvalue weighted by molar-refractivity contribution is 0.0942. The van der Waals surface area contributed by atoms with Crippen molar-refractivity contribution in [1.82, 2.24) is 15.3 Å². The lowest BCUT2D eigenvalue weighted by atomic mass is 10.1. The number of rotatable bonds is 4. The quantitative estimate of drug-likeness (QED) is 0.775. The van der Waals surface area contributed by atoms with Crippen LogP contribution >= 0.6 is 0 Å². The fourth-order valence-electron chi connectivity index (χ4n) is 2.28. The van der Waals surface area contributed by atoms with Crippen molar-refractivity contribution in [2.24, 2.45) is 10.9 Å². The molecular weight excluding hydrogens is 272 g/mol. The highest BCUT2D eigenvalue weighted by molar-refractivity contribution is 5.95. The van der Waals surface area contributed by atoms with Gasteiger partial charge in [-0.3, -0.25) is 9.79 Å². The van der Waals surface area contributed by atoms with Gasteiger partial charge in [0, 0.05) is 6.54 Å². The lowest BCUT2D eigenvalue weighted by Gasteiger charge is -2.16. The second kappa shape index (κ2) is 5.67. The summed E-state index contributed by atoms with van der Waals surface area (Å²) in [4.78, 5) is 24.3. The molecule has 112 valence electrons. The molecule has 0 saturated heterocycles. The van der Waals surface area contributed by atoms with Crippen LogP contribution in [-0.4, -0.2) is 38.8 Å². The average Bonchev–Trinajstić information content (AvgIpc) is 3.32. The summed E-state index contributed by atoms with van der Waals surface area (Å²) < 4.78 is 0. The minimum absolute atomic E-state index is 0.182. The van der Waals surface area contributed by atoms with E-state index in [-0.39, 0.29) is 17.6 Å². The van der Waals surface area contributed by atoms with E-state index < -0.39 is 17.5 Å². The third-order valence-corrected chi connectivity index (χ3v) is 3.74. The molecule has 1 aliphatic heterocycles. The maximum absolute atomic E-state index is 12.1. The summed E-state index contributed by atoms with van der Waals surface area (Å²) in [6.45, 7) is 0.569. The number of aromatic nitrogens is 2. The Labute approximate surface area is 122 Å². The van der Waals surface area contributed by atoms with E-state index in [1.54, 1.807) is 6.21 Å². The van der Waals surface area contributed by atoms with Crippen molar-refractivity contribution < 1.29 is 15.0 Å². The summed E-state index contributed by atoms with van der Waals surface area (Å²) in [5, 5.41) is 22.2. The zero-order valence-corrected chi connectivity index (χ0v) is 11.6. The van der Waals surface area contributed by atoms with Crippen molar-refractivity contribution in [1.29, 1.82) is 0 Å². The molecule has 0 aromatic carbocycles. The molecule has 7 nitrogen and oxygen atoms in total. The number of nitrogens with one attached hydrogen (secondary N) is 1. The Balaban J connectivity index is 1.83. The van der Waals surface area contributed by atoms with Gasteiger partial charge >= 0.3 is 0 Å². The molecule has 7 heteroatoms. The molecular formula is C14H18N4O3. The van der Waals surface area contributed by atoms with Gasteiger partial charge in [-0.25, -0.2) is 4.98 Å². The van der Waals surface area contributed by atoms with Gasteiger partial charge in [-0.15, -0.1) is 0 Å². The predicted molar refractivity (Wildman–Crippen MR) is 75.5 cm³/mol. The monoisotopic (exact) mass is 290 g/mol. The molecule has 0 radical (unpaired) electrons. The SMILES string of the molecule is O=C(NCC1CC1)c1nc(C2CCCC=N2)nc(O)c1O. The van der Waals surface area contributed by atoms with Gasteiger partial charge in [0.05, 0.1) is 0 Å². The van der Waals surface area contributed by atoms with Crippen molar-refractivity contribution >= 4 is 12.1 Å². The zero-order chi connectivity index (χ0) is 14.8. The Morgan fingerprint density at radius 3 is 2.76 bits per heavy atom. The molecule has 1 unspecified atom stereocenters. The van der Waals surface area contributed by atoms with Crippen LogP contribution < -0.4 is 5.32 Å². The fourth-order valence-corrected chi connectivity index (χ4v) is 2.28. The highest BCUT2D eigenvalue weighted by Gasteiger charge is 2.26. The smallest absolute Gasteiger partial charge is 0.274 e. The van der Waals surface area contributed by atoms with Gasteiger partial charge in [0.25, 0.3) is 11.8 Å². The number of aromatic hydroxyl groups is 2. The van der Waals surface area contributed by atoms with Crippen molar-refractivity contribution in [3.63, 3.8) is 0 Å². The first kappa shape index (κ1) is 13.8. The van der Waals surface area contributed by atoms with E-state index in [2.05, 4.69) is 20.3 Å². The van der Waals surface area contributed by atoms with Crippen LogP contribution in [0.2, 0.25) is 0 Å². The zero-order valence-electron chi connectivity index (χ0n) is 11.6. The largest absolute Gasteiger partial charge is 0.501 e. The van der Waals surface area contributed by atoms with E-state index in [1.165, 1.54) is 0 Å². The Morgan fingerprint density at radius 1 is 1.29 bits per heavy atom. The molecule has 0 bridgehead atoms. The molecule has 0 spiro atoms. The summed E-state index contributed by atoms with van der Waals surface area (Å²) in [5.41, 5.74) is -0.182. The molecule has 3 rings (SSSR count). The van der Waals surface area contributed by atoms with Crippen LogP contribution in [0.15, 0.2) is 4.99 Å². The van der Waals surface area contributed by atoms with Gasteiger partial charge in [0.15, 0.2) is 11.5 Å². The Morgan fingerprint density at radius 2 is 2.10 bits per heavy atom. The van der Waals surface area contributed by atoms with E-state index in [1.807, 2.05) is 0 Å². The minimum Gasteiger partial charge on any atom is -0.501 e. The number of carbonyl (C=O) groups is 1. The van der Waals surface area contributed by atoms with Crippen LogP contribution in [0.25, 0.3) is 0 Å². The second-order valence-electron chi connectivity index (χ2n) is 5.53. The molecule has 2 heterocycles. The van der Waals surface area contributed by atoms with Gasteiger partial charge in [-0.2, -0.15) is 4.98 Å². The first-order valence-corrected chi connectivity index (χ1v) is 7.25. The van der Waals surface area contributed by atoms with E-state index in [9.17, 15) is 15.0 Å². The van der Waals surface area contributed by atoms with Gasteiger partial charge in [-0.1, -0.05) is 0 Å². The minimum atomic E-state index is -0.577. The third-order valence-electron chi connectivity index (χ3n) is 3.74. The number of nitrogens with zero attached hydrogens (tertiary/aromatic N) is 3. The van der Waals surface area contributed by atoms with E-state index in [4.69, 9.17) is 0 Å². The maximum Gasteiger partial charge on any atom is 0.274 e. The summed E-state index contributed by atoms with van der Waals surface area (Å²) in [6, 6.07) is -0.264. The van der Waals surface area contributed by atoms with E-state index >= 15 is 0 Å². The molecule has 1 atom stereocenters. The molecule has 2 aliphatic rings. The second-order valence-corrected chi connectivity index (χ2v) is 5.53. The van der Waals surface area contributed by atoms with Gasteiger partial charge in [0.1, 0.15) is 6.04 Å². The number of hydrogen-bond donors (Lipinski definition) is 3. The molecule has 1 aromatic rings. The summed E-state index contributed by atoms with van der Waals surface area (Å²) in [5.74, 6) is -0.839. The van der Waals surface area contributed by atoms with Crippen molar-refractivity contribution in [3.05, 3.63) is 11.5 Å². The Bertz CT molecular complexity index is 584. The van der Waals surface area contributed by atoms with Crippen molar-refractivity contribution in [2.75, 3.05) is 6.54 Å². The van der Waals surface area contributed by atoms with Crippen LogP contribution in [0.4, 0.5) is 0 Å². The first-order valence-electron chi connectivity index (χ1n) is 7.25. The van der Waals surface area contributed by atoms with Crippen LogP contribution in [0.5, 0.6) is 11.6 Å². The van der Waals surface area contributed by atoms with Crippen molar-refractivity contribution in [3.8, 4) is 11.6 Å². The highest BCUT2D eigenvalue weighted by atomic mass is 16.3. The predicted octanol–water partition coefficient (Wildman–Crippen LogP) is 1.32. The molecule has 1 fully saturated rings. The van der Waals surface area contributed by atoms with Crippen molar-refractivity contribution in [2.45, 2.75) is 38.1 Å². The van der Waals surface area contributed by atoms with Crippen LogP contribution in [0.3, 0.4) is 0 Å². The Kier molecular flexibility index (Phi) is 3.72. The Hall–Kier alpha value is -2.18. The molecule has 21 heavy (non-hydrogen) atoms. The number of amides is 1. The average molecular weight is 290 g/mol. The van der Waals surface area contributed by atoms with Crippen LogP contribution in [-0.2, 0) is 0 Å². The van der Waals surface area contributed by atoms with Crippen LogP contribution in [0, 0.1) is 5.92 Å². The summed E-state index contributed by atoms with van der Waals surface area (Å²) in [6.07, 6.45) is 6.67. The number of aliphatic imine (C=N–C) groups is 1. The topological polar surface area (TPSA) is 108 Å². The molecule has 1 aliphatic carbocycles. The standard InChI is InChI=1S/C14H18N4O3/c19-11-10(13(20)16-7-8-4-5-8)17-12(18-14(11)21)9-3-1-2-6-15-9/h6,8-9,19H,1-5,7H2,(H,16,20)(H,17,18,21). The molecule has 1 saturated carbocycles. The number of carbonyl (C=O) groups excluding carboxylic acids is 1. The third kappa shape index (κ3) is 3.12. The molecule has 1 amide bonds. The molecule has 3 N–H and O–H groups in total. The van der Waals surface area contributed by atoms with Gasteiger partial charge < -0.3 is 15.5 Å². The lowest BCUT2D eigenvalue weighted by Crippen LogP contribution is -2.27. The first-order chi connectivity index (χ1) is 10.1.